The minimum Gasteiger partial charge on any atom is -0.466 e. The van der Waals surface area contributed by atoms with Crippen LogP contribution in [0.2, 0.25) is 5.15 Å². The summed E-state index contributed by atoms with van der Waals surface area (Å²) in [6.45, 7) is 8.22. The van der Waals surface area contributed by atoms with E-state index in [2.05, 4.69) is 34.0 Å². The molecule has 1 aliphatic rings. The second-order valence-corrected chi connectivity index (χ2v) is 9.80. The van der Waals surface area contributed by atoms with Crippen molar-refractivity contribution in [2.75, 3.05) is 6.61 Å². The van der Waals surface area contributed by atoms with Crippen molar-refractivity contribution in [3.05, 3.63) is 75.0 Å². The average Bonchev–Trinajstić information content (AvgIpc) is 3.31. The van der Waals surface area contributed by atoms with E-state index in [0.29, 0.717) is 17.6 Å². The summed E-state index contributed by atoms with van der Waals surface area (Å²) in [4.78, 5) is 27.0. The first-order chi connectivity index (χ1) is 16.9. The fourth-order valence-electron chi connectivity index (χ4n) is 4.19. The fraction of sp³-hybridized carbons (Fsp3) is 0.280. The Morgan fingerprint density at radius 2 is 1.86 bits per heavy atom. The van der Waals surface area contributed by atoms with E-state index < -0.39 is 6.04 Å². The monoisotopic (exact) mass is 506 g/mol. The van der Waals surface area contributed by atoms with Gasteiger partial charge < -0.3 is 4.74 Å². The van der Waals surface area contributed by atoms with Crippen molar-refractivity contribution in [2.24, 2.45) is 4.99 Å². The highest BCUT2D eigenvalue weighted by atomic mass is 35.5. The standard InChI is InChI=1S/C25H23ClN6O2S/c1-5-34-21(33)11-19-24-31-30-15(4)32(24)25-22(13(2)14(3)35-25)23(29-19)17-8-6-16(7-9-17)18-10-20(26)28-12-27-18/h6-10,12,19H,5,11H2,1-4H3/t19-/m0/s1. The summed E-state index contributed by atoms with van der Waals surface area (Å²) < 4.78 is 7.26. The molecule has 1 aromatic carbocycles. The minimum absolute atomic E-state index is 0.0833. The predicted octanol–water partition coefficient (Wildman–Crippen LogP) is 5.21. The lowest BCUT2D eigenvalue weighted by Crippen LogP contribution is -2.13. The van der Waals surface area contributed by atoms with Crippen LogP contribution in [-0.2, 0) is 9.53 Å². The van der Waals surface area contributed by atoms with Crippen molar-refractivity contribution in [1.82, 2.24) is 24.7 Å². The van der Waals surface area contributed by atoms with Crippen LogP contribution in [0.3, 0.4) is 0 Å². The third-order valence-electron chi connectivity index (χ3n) is 5.99. The molecule has 3 aromatic heterocycles. The van der Waals surface area contributed by atoms with Gasteiger partial charge >= 0.3 is 5.97 Å². The topological polar surface area (TPSA) is 95.2 Å². The summed E-state index contributed by atoms with van der Waals surface area (Å²) in [6.07, 6.45) is 1.53. The van der Waals surface area contributed by atoms with Crippen LogP contribution in [0.4, 0.5) is 0 Å². The fourth-order valence-corrected chi connectivity index (χ4v) is 5.55. The lowest BCUT2D eigenvalue weighted by atomic mass is 9.98. The first-order valence-corrected chi connectivity index (χ1v) is 12.4. The van der Waals surface area contributed by atoms with E-state index in [1.54, 1.807) is 24.3 Å². The molecule has 0 saturated carbocycles. The molecule has 0 aliphatic carbocycles. The summed E-state index contributed by atoms with van der Waals surface area (Å²) in [5, 5.41) is 10.1. The largest absolute Gasteiger partial charge is 0.466 e. The smallest absolute Gasteiger partial charge is 0.308 e. The van der Waals surface area contributed by atoms with E-state index in [4.69, 9.17) is 21.3 Å². The molecule has 1 atom stereocenters. The molecule has 8 nitrogen and oxygen atoms in total. The number of aromatic nitrogens is 5. The number of aliphatic imine (C=N–C) groups is 1. The molecule has 4 aromatic rings. The van der Waals surface area contributed by atoms with Crippen LogP contribution in [0.15, 0.2) is 41.7 Å². The summed E-state index contributed by atoms with van der Waals surface area (Å²) >= 11 is 7.73. The third-order valence-corrected chi connectivity index (χ3v) is 7.39. The zero-order valence-electron chi connectivity index (χ0n) is 19.7. The van der Waals surface area contributed by atoms with E-state index in [0.717, 1.165) is 44.5 Å². The Morgan fingerprint density at radius 1 is 1.11 bits per heavy atom. The van der Waals surface area contributed by atoms with Gasteiger partial charge in [0.2, 0.25) is 0 Å². The lowest BCUT2D eigenvalue weighted by Gasteiger charge is -2.12. The number of ether oxygens (including phenoxy) is 1. The van der Waals surface area contributed by atoms with Gasteiger partial charge in [-0.1, -0.05) is 35.9 Å². The second kappa shape index (κ2) is 9.31. The zero-order chi connectivity index (χ0) is 24.7. The van der Waals surface area contributed by atoms with E-state index >= 15 is 0 Å². The van der Waals surface area contributed by atoms with E-state index in [1.807, 2.05) is 35.8 Å². The molecule has 10 heteroatoms. The molecular weight excluding hydrogens is 484 g/mol. The summed E-state index contributed by atoms with van der Waals surface area (Å²) in [5.41, 5.74) is 5.58. The molecule has 1 aliphatic heterocycles. The number of carbonyl (C=O) groups excluding carboxylic acids is 1. The van der Waals surface area contributed by atoms with Gasteiger partial charge in [-0.05, 0) is 33.3 Å². The van der Waals surface area contributed by atoms with Crippen LogP contribution in [0.25, 0.3) is 16.3 Å². The van der Waals surface area contributed by atoms with Gasteiger partial charge in [0.15, 0.2) is 5.82 Å². The highest BCUT2D eigenvalue weighted by molar-refractivity contribution is 7.15. The molecule has 0 unspecified atom stereocenters. The highest BCUT2D eigenvalue weighted by Gasteiger charge is 2.32. The minimum atomic E-state index is -0.523. The van der Waals surface area contributed by atoms with Gasteiger partial charge in [-0.25, -0.2) is 9.97 Å². The summed E-state index contributed by atoms with van der Waals surface area (Å²) in [5.74, 6) is 1.08. The van der Waals surface area contributed by atoms with Crippen LogP contribution >= 0.6 is 22.9 Å². The number of esters is 1. The Balaban J connectivity index is 1.66. The number of carbonyl (C=O) groups is 1. The first-order valence-electron chi connectivity index (χ1n) is 11.2. The van der Waals surface area contributed by atoms with Gasteiger partial charge in [0.05, 0.1) is 24.4 Å². The lowest BCUT2D eigenvalue weighted by molar-refractivity contribution is -0.143. The maximum absolute atomic E-state index is 12.5. The molecule has 4 heterocycles. The first kappa shape index (κ1) is 23.3. The number of thiophene rings is 1. The molecule has 178 valence electrons. The molecule has 0 bridgehead atoms. The van der Waals surface area contributed by atoms with E-state index in [-0.39, 0.29) is 12.4 Å². The Morgan fingerprint density at radius 3 is 2.57 bits per heavy atom. The maximum Gasteiger partial charge on any atom is 0.308 e. The number of aryl methyl sites for hydroxylation is 2. The van der Waals surface area contributed by atoms with E-state index in [1.165, 1.54) is 11.2 Å². The normalized spacial score (nSPS) is 14.7. The number of hydrogen-bond donors (Lipinski definition) is 0. The Labute approximate surface area is 211 Å². The molecule has 0 radical (unpaired) electrons. The maximum atomic E-state index is 12.5. The number of benzene rings is 1. The van der Waals surface area contributed by atoms with Gasteiger partial charge in [-0.2, -0.15) is 0 Å². The summed E-state index contributed by atoms with van der Waals surface area (Å²) in [6, 6.07) is 9.21. The van der Waals surface area contributed by atoms with Crippen molar-refractivity contribution in [3.8, 4) is 16.3 Å². The molecule has 0 spiro atoms. The second-order valence-electron chi connectivity index (χ2n) is 8.21. The SMILES string of the molecule is CCOC(=O)C[C@@H]1N=C(c2ccc(-c3cc(Cl)ncn3)cc2)c2c(sc(C)c2C)-n2c(C)nnc21. The molecule has 0 fully saturated rings. The highest BCUT2D eigenvalue weighted by Crippen LogP contribution is 2.39. The van der Waals surface area contributed by atoms with Crippen molar-refractivity contribution in [1.29, 1.82) is 0 Å². The van der Waals surface area contributed by atoms with Crippen molar-refractivity contribution < 1.29 is 9.53 Å². The Hall–Kier alpha value is -3.43. The summed E-state index contributed by atoms with van der Waals surface area (Å²) in [7, 11) is 0. The van der Waals surface area contributed by atoms with Gasteiger partial charge in [-0.3, -0.25) is 14.4 Å². The van der Waals surface area contributed by atoms with Gasteiger partial charge in [0, 0.05) is 27.6 Å². The number of rotatable bonds is 5. The number of hydrogen-bond acceptors (Lipinski definition) is 8. The average molecular weight is 507 g/mol. The molecule has 35 heavy (non-hydrogen) atoms. The number of nitrogens with zero attached hydrogens (tertiary/aromatic N) is 6. The molecular formula is C25H23ClN6O2S. The van der Waals surface area contributed by atoms with Crippen molar-refractivity contribution in [3.63, 3.8) is 0 Å². The van der Waals surface area contributed by atoms with Crippen LogP contribution in [0.5, 0.6) is 0 Å². The Kier molecular flexibility index (Phi) is 6.21. The van der Waals surface area contributed by atoms with Crippen LogP contribution in [0.1, 0.15) is 52.6 Å². The van der Waals surface area contributed by atoms with Crippen LogP contribution < -0.4 is 0 Å². The zero-order valence-corrected chi connectivity index (χ0v) is 21.3. The molecule has 5 rings (SSSR count). The predicted molar refractivity (Wildman–Crippen MR) is 136 cm³/mol. The van der Waals surface area contributed by atoms with Crippen LogP contribution in [-0.4, -0.2) is 43.0 Å². The van der Waals surface area contributed by atoms with Crippen molar-refractivity contribution >= 4 is 34.6 Å². The molecule has 0 amide bonds. The van der Waals surface area contributed by atoms with Crippen LogP contribution in [0, 0.1) is 20.8 Å². The Bertz CT molecular complexity index is 1460. The van der Waals surface area contributed by atoms with E-state index in [9.17, 15) is 4.79 Å². The van der Waals surface area contributed by atoms with Gasteiger partial charge in [0.25, 0.3) is 0 Å². The molecule has 0 N–H and O–H groups in total. The number of halogens is 1. The van der Waals surface area contributed by atoms with Crippen molar-refractivity contribution in [2.45, 2.75) is 40.2 Å². The number of fused-ring (bicyclic) bond motifs is 3. The quantitative estimate of drug-likeness (QED) is 0.272. The molecule has 0 saturated heterocycles. The van der Waals surface area contributed by atoms with Gasteiger partial charge in [-0.15, -0.1) is 21.5 Å². The third kappa shape index (κ3) is 4.26. The van der Waals surface area contributed by atoms with Gasteiger partial charge in [0.1, 0.15) is 28.3 Å².